The molecule has 0 amide bonds. The van der Waals surface area contributed by atoms with Crippen molar-refractivity contribution in [1.29, 1.82) is 5.26 Å². The number of nitriles is 1. The van der Waals surface area contributed by atoms with Gasteiger partial charge in [0, 0.05) is 10.9 Å². The van der Waals surface area contributed by atoms with Gasteiger partial charge in [-0.1, -0.05) is 24.3 Å². The van der Waals surface area contributed by atoms with Crippen LogP contribution in [0.3, 0.4) is 0 Å². The minimum Gasteiger partial charge on any atom is -0.495 e. The van der Waals surface area contributed by atoms with Crippen molar-refractivity contribution in [3.05, 3.63) is 35.4 Å². The van der Waals surface area contributed by atoms with Crippen molar-refractivity contribution in [3.63, 3.8) is 0 Å². The van der Waals surface area contributed by atoms with Gasteiger partial charge in [-0.2, -0.15) is 5.26 Å². The summed E-state index contributed by atoms with van der Waals surface area (Å²) >= 11 is 0. The van der Waals surface area contributed by atoms with Gasteiger partial charge in [-0.25, -0.2) is 0 Å². The third-order valence-corrected chi connectivity index (χ3v) is 2.90. The van der Waals surface area contributed by atoms with Crippen LogP contribution < -0.4 is 9.47 Å². The molecule has 2 aromatic carbocycles. The first kappa shape index (κ1) is 12.2. The van der Waals surface area contributed by atoms with Gasteiger partial charge in [0.25, 0.3) is 0 Å². The SMILES string of the molecule is COc1c(C#N)c(OC)c2ccccc2c1CO. The van der Waals surface area contributed by atoms with Gasteiger partial charge in [0.2, 0.25) is 0 Å². The van der Waals surface area contributed by atoms with E-state index in [0.717, 1.165) is 10.8 Å². The number of benzene rings is 2. The van der Waals surface area contributed by atoms with Gasteiger partial charge in [-0.3, -0.25) is 0 Å². The van der Waals surface area contributed by atoms with Crippen LogP contribution in [0.25, 0.3) is 10.8 Å². The summed E-state index contributed by atoms with van der Waals surface area (Å²) in [5.41, 5.74) is 0.910. The molecule has 0 aliphatic rings. The van der Waals surface area contributed by atoms with Crippen LogP contribution in [0, 0.1) is 11.3 Å². The number of nitrogens with zero attached hydrogens (tertiary/aromatic N) is 1. The van der Waals surface area contributed by atoms with Crippen LogP contribution in [-0.2, 0) is 6.61 Å². The predicted octanol–water partition coefficient (Wildman–Crippen LogP) is 2.22. The molecule has 1 N–H and O–H groups in total. The summed E-state index contributed by atoms with van der Waals surface area (Å²) in [5, 5.41) is 20.4. The fourth-order valence-corrected chi connectivity index (χ4v) is 2.15. The molecular formula is C14H13NO3. The molecule has 0 aromatic heterocycles. The molecule has 0 aliphatic heterocycles. The zero-order valence-electron chi connectivity index (χ0n) is 10.2. The molecule has 0 unspecified atom stereocenters. The van der Waals surface area contributed by atoms with E-state index in [-0.39, 0.29) is 6.61 Å². The van der Waals surface area contributed by atoms with Gasteiger partial charge >= 0.3 is 0 Å². The van der Waals surface area contributed by atoms with Gasteiger partial charge in [-0.05, 0) is 5.39 Å². The third-order valence-electron chi connectivity index (χ3n) is 2.90. The van der Waals surface area contributed by atoms with Crippen molar-refractivity contribution < 1.29 is 14.6 Å². The van der Waals surface area contributed by atoms with E-state index in [1.807, 2.05) is 24.3 Å². The number of aliphatic hydroxyl groups is 1. The Labute approximate surface area is 105 Å². The molecule has 92 valence electrons. The van der Waals surface area contributed by atoms with Gasteiger partial charge < -0.3 is 14.6 Å². The van der Waals surface area contributed by atoms with E-state index < -0.39 is 0 Å². The Kier molecular flexibility index (Phi) is 3.35. The van der Waals surface area contributed by atoms with Gasteiger partial charge in [0.15, 0.2) is 0 Å². The lowest BCUT2D eigenvalue weighted by Gasteiger charge is -2.15. The summed E-state index contributed by atoms with van der Waals surface area (Å²) in [5.74, 6) is 0.845. The lowest BCUT2D eigenvalue weighted by atomic mass is 9.98. The summed E-state index contributed by atoms with van der Waals surface area (Å²) in [6, 6.07) is 9.52. The number of ether oxygens (including phenoxy) is 2. The fraction of sp³-hybridized carbons (Fsp3) is 0.214. The second kappa shape index (κ2) is 4.94. The molecule has 4 heteroatoms. The number of hydrogen-bond acceptors (Lipinski definition) is 4. The highest BCUT2D eigenvalue weighted by Crippen LogP contribution is 2.40. The molecule has 0 bridgehead atoms. The Morgan fingerprint density at radius 2 is 1.72 bits per heavy atom. The number of aliphatic hydroxyl groups excluding tert-OH is 1. The average Bonchev–Trinajstić information content (AvgIpc) is 2.44. The molecule has 0 fully saturated rings. The molecular weight excluding hydrogens is 230 g/mol. The molecule has 4 nitrogen and oxygen atoms in total. The van der Waals surface area contributed by atoms with Crippen molar-refractivity contribution in [2.24, 2.45) is 0 Å². The van der Waals surface area contributed by atoms with E-state index in [0.29, 0.717) is 22.6 Å². The maximum absolute atomic E-state index is 9.50. The van der Waals surface area contributed by atoms with Crippen molar-refractivity contribution in [2.45, 2.75) is 6.61 Å². The van der Waals surface area contributed by atoms with Crippen LogP contribution in [0.15, 0.2) is 24.3 Å². The van der Waals surface area contributed by atoms with E-state index in [9.17, 15) is 10.4 Å². The highest BCUT2D eigenvalue weighted by molar-refractivity contribution is 5.95. The average molecular weight is 243 g/mol. The number of hydrogen-bond donors (Lipinski definition) is 1. The van der Waals surface area contributed by atoms with Crippen molar-refractivity contribution in [1.82, 2.24) is 0 Å². The van der Waals surface area contributed by atoms with Crippen LogP contribution in [0.2, 0.25) is 0 Å². The Hall–Kier alpha value is -2.25. The Morgan fingerprint density at radius 1 is 1.11 bits per heavy atom. The lowest BCUT2D eigenvalue weighted by molar-refractivity contribution is 0.275. The predicted molar refractivity (Wildman–Crippen MR) is 67.7 cm³/mol. The minimum absolute atomic E-state index is 0.192. The summed E-state index contributed by atoms with van der Waals surface area (Å²) in [7, 11) is 2.99. The van der Waals surface area contributed by atoms with E-state index in [4.69, 9.17) is 9.47 Å². The molecule has 0 saturated carbocycles. The molecule has 0 atom stereocenters. The maximum Gasteiger partial charge on any atom is 0.148 e. The minimum atomic E-state index is -0.192. The van der Waals surface area contributed by atoms with Gasteiger partial charge in [0.1, 0.15) is 23.1 Å². The van der Waals surface area contributed by atoms with E-state index in [1.165, 1.54) is 14.2 Å². The van der Waals surface area contributed by atoms with E-state index in [2.05, 4.69) is 6.07 Å². The maximum atomic E-state index is 9.50. The smallest absolute Gasteiger partial charge is 0.148 e. The van der Waals surface area contributed by atoms with E-state index in [1.54, 1.807) is 0 Å². The summed E-state index contributed by atoms with van der Waals surface area (Å²) in [6.45, 7) is -0.192. The molecule has 2 rings (SSSR count). The standard InChI is InChI=1S/C14H13NO3/c1-17-13-10-6-4-3-5-9(10)12(8-16)14(18-2)11(13)7-15/h3-6,16H,8H2,1-2H3. The highest BCUT2D eigenvalue weighted by atomic mass is 16.5. The first-order chi connectivity index (χ1) is 8.78. The lowest BCUT2D eigenvalue weighted by Crippen LogP contribution is -2.00. The summed E-state index contributed by atoms with van der Waals surface area (Å²) in [4.78, 5) is 0. The van der Waals surface area contributed by atoms with Crippen LogP contribution in [-0.4, -0.2) is 19.3 Å². The van der Waals surface area contributed by atoms with Crippen LogP contribution in [0.5, 0.6) is 11.5 Å². The largest absolute Gasteiger partial charge is 0.495 e. The second-order valence-corrected chi connectivity index (χ2v) is 3.74. The van der Waals surface area contributed by atoms with Gasteiger partial charge in [-0.15, -0.1) is 0 Å². The number of methoxy groups -OCH3 is 2. The Morgan fingerprint density at radius 3 is 2.22 bits per heavy atom. The molecule has 18 heavy (non-hydrogen) atoms. The quantitative estimate of drug-likeness (QED) is 0.897. The third kappa shape index (κ3) is 1.66. The van der Waals surface area contributed by atoms with Crippen molar-refractivity contribution >= 4 is 10.8 Å². The van der Waals surface area contributed by atoms with Crippen molar-refractivity contribution in [3.8, 4) is 17.6 Å². The molecule has 0 saturated heterocycles. The summed E-state index contributed by atoms with van der Waals surface area (Å²) in [6.07, 6.45) is 0. The van der Waals surface area contributed by atoms with Crippen LogP contribution in [0.1, 0.15) is 11.1 Å². The summed E-state index contributed by atoms with van der Waals surface area (Å²) < 4.78 is 10.6. The fourth-order valence-electron chi connectivity index (χ4n) is 2.15. The molecule has 2 aromatic rings. The molecule has 0 heterocycles. The van der Waals surface area contributed by atoms with E-state index >= 15 is 0 Å². The first-order valence-corrected chi connectivity index (χ1v) is 5.45. The van der Waals surface area contributed by atoms with Gasteiger partial charge in [0.05, 0.1) is 20.8 Å². The normalized spacial score (nSPS) is 10.1. The molecule has 0 aliphatic carbocycles. The second-order valence-electron chi connectivity index (χ2n) is 3.74. The topological polar surface area (TPSA) is 62.5 Å². The number of rotatable bonds is 3. The first-order valence-electron chi connectivity index (χ1n) is 5.45. The zero-order valence-corrected chi connectivity index (χ0v) is 10.2. The molecule has 0 radical (unpaired) electrons. The van der Waals surface area contributed by atoms with Crippen LogP contribution >= 0.6 is 0 Å². The van der Waals surface area contributed by atoms with Crippen LogP contribution in [0.4, 0.5) is 0 Å². The van der Waals surface area contributed by atoms with Crippen molar-refractivity contribution in [2.75, 3.05) is 14.2 Å². The molecule has 0 spiro atoms. The Balaban J connectivity index is 3.00. The monoisotopic (exact) mass is 243 g/mol. The highest BCUT2D eigenvalue weighted by Gasteiger charge is 2.19. The Bertz CT molecular complexity index is 629. The number of fused-ring (bicyclic) bond motifs is 1. The zero-order chi connectivity index (χ0) is 13.1.